The molecule has 3 heterocycles. The molecule has 3 saturated carbocycles. The monoisotopic (exact) mass is 716 g/mol. The highest BCUT2D eigenvalue weighted by Gasteiger charge is 2.64. The van der Waals surface area contributed by atoms with Crippen LogP contribution in [0.25, 0.3) is 10.8 Å². The van der Waals surface area contributed by atoms with Crippen LogP contribution in [0.2, 0.25) is 0 Å². The number of hydrogen-bond acceptors (Lipinski definition) is 10. The second-order valence-electron chi connectivity index (χ2n) is 16.8. The maximum atomic E-state index is 12.5. The van der Waals surface area contributed by atoms with Crippen LogP contribution in [0.4, 0.5) is 0 Å². The van der Waals surface area contributed by atoms with Crippen molar-refractivity contribution in [2.75, 3.05) is 26.4 Å². The molecule has 5 fully saturated rings. The molecule has 2 saturated heterocycles. The molecule has 278 valence electrons. The molecule has 0 unspecified atom stereocenters. The summed E-state index contributed by atoms with van der Waals surface area (Å²) in [5.41, 5.74) is 3.05. The van der Waals surface area contributed by atoms with Crippen molar-refractivity contribution in [2.24, 2.45) is 35.0 Å². The zero-order valence-electron chi connectivity index (χ0n) is 29.7. The molecule has 2 aromatic carbocycles. The maximum Gasteiger partial charge on any atom is 0.335 e. The molecular formula is C41H48O11. The third-order valence-electron chi connectivity index (χ3n) is 14.1. The van der Waals surface area contributed by atoms with Gasteiger partial charge in [0.2, 0.25) is 6.29 Å². The molecule has 2 aromatic rings. The van der Waals surface area contributed by atoms with Gasteiger partial charge in [-0.2, -0.15) is 0 Å². The number of aliphatic hydroxyl groups excluding tert-OH is 3. The number of aliphatic hydroxyl groups is 3. The van der Waals surface area contributed by atoms with Gasteiger partial charge in [0.25, 0.3) is 0 Å². The summed E-state index contributed by atoms with van der Waals surface area (Å²) < 4.78 is 25.6. The summed E-state index contributed by atoms with van der Waals surface area (Å²) in [5, 5.41) is 56.6. The molecule has 4 aliphatic carbocycles. The zero-order chi connectivity index (χ0) is 36.3. The standard InChI is InChI=1S/C41H48O11/c1-19-9-22-10-23(38(47)48)11-29(34(22)35(44)31(19)20(2)43)51-39-36(45)37(46)41(30(15-42)52-39)14-27-26-13-40(7-3-4-8-40)12-24-16-49-18-28(33(24)26)25-6-5-21(17-50-41)32(25)27/h6,9-11,24,26-28,30,33,36-37,39,42,44-46H,3-5,7-8,12-18H2,1-2H3,(H,47,48)/t24-,26+,27-,28+,30+,33+,36+,37+,39-,41-/m0/s1. The van der Waals surface area contributed by atoms with Crippen LogP contribution in [-0.2, 0) is 14.2 Å². The van der Waals surface area contributed by atoms with Gasteiger partial charge in [0.1, 0.15) is 35.4 Å². The number of allylic oxidation sites excluding steroid dienone is 2. The average Bonchev–Trinajstić information content (AvgIpc) is 3.71. The molecule has 0 bridgehead atoms. The average molecular weight is 717 g/mol. The number of carbonyl (C=O) groups is 2. The van der Waals surface area contributed by atoms with Crippen molar-refractivity contribution in [1.29, 1.82) is 0 Å². The highest BCUT2D eigenvalue weighted by atomic mass is 16.7. The van der Waals surface area contributed by atoms with Crippen LogP contribution in [-0.4, -0.2) is 93.9 Å². The predicted molar refractivity (Wildman–Crippen MR) is 187 cm³/mol. The first-order valence-electron chi connectivity index (χ1n) is 18.9. The Labute approximate surface area is 302 Å². The number of ether oxygens (including phenoxy) is 4. The number of benzene rings is 2. The van der Waals surface area contributed by atoms with E-state index in [4.69, 9.17) is 18.9 Å². The van der Waals surface area contributed by atoms with Gasteiger partial charge in [-0.1, -0.05) is 25.0 Å². The van der Waals surface area contributed by atoms with E-state index in [2.05, 4.69) is 6.08 Å². The first-order chi connectivity index (χ1) is 24.9. The van der Waals surface area contributed by atoms with Gasteiger partial charge < -0.3 is 44.5 Å². The highest BCUT2D eigenvalue weighted by molar-refractivity contribution is 6.08. The number of fused-ring (bicyclic) bond motifs is 3. The number of phenolic OH excluding ortho intramolecular Hbond substituents is 1. The Morgan fingerprint density at radius 3 is 2.56 bits per heavy atom. The van der Waals surface area contributed by atoms with Crippen LogP contribution < -0.4 is 4.74 Å². The molecule has 11 nitrogen and oxygen atoms in total. The number of Topliss-reactive ketones (excluding diaryl/α,β-unsaturated/α-hetero) is 1. The van der Waals surface area contributed by atoms with Crippen molar-refractivity contribution in [2.45, 2.75) is 95.4 Å². The van der Waals surface area contributed by atoms with E-state index < -0.39 is 48.6 Å². The van der Waals surface area contributed by atoms with Crippen molar-refractivity contribution in [3.63, 3.8) is 0 Å². The number of aromatic hydroxyl groups is 1. The quantitative estimate of drug-likeness (QED) is 0.268. The Balaban J connectivity index is 1.08. The summed E-state index contributed by atoms with van der Waals surface area (Å²) in [6.07, 6.45) is 4.84. The lowest BCUT2D eigenvalue weighted by Gasteiger charge is -2.59. The van der Waals surface area contributed by atoms with E-state index in [1.165, 1.54) is 67.9 Å². The summed E-state index contributed by atoms with van der Waals surface area (Å²) in [5.74, 6) is -0.531. The third kappa shape index (κ3) is 4.99. The van der Waals surface area contributed by atoms with Crippen molar-refractivity contribution >= 4 is 22.5 Å². The molecule has 9 rings (SSSR count). The van der Waals surface area contributed by atoms with E-state index in [9.17, 15) is 35.1 Å². The molecule has 0 aromatic heterocycles. The molecule has 3 aliphatic heterocycles. The molecular weight excluding hydrogens is 668 g/mol. The van der Waals surface area contributed by atoms with Crippen LogP contribution >= 0.6 is 0 Å². The minimum absolute atomic E-state index is 0.0456. The topological polar surface area (TPSA) is 172 Å². The van der Waals surface area contributed by atoms with Crippen LogP contribution in [0.1, 0.15) is 84.6 Å². The van der Waals surface area contributed by atoms with Gasteiger partial charge in [-0.3, -0.25) is 4.79 Å². The SMILES string of the molecule is CC(=O)c1c(C)cc2cc(C(=O)O)cc(O[C@H]3O[C@H](CO)[C@@]4(C[C@@H]5C6=C(CC=C6[C@H]6COC[C@@H]7CC8(CCCC8)C[C@H]5[C@@H]76)CO4)[C@H](O)[C@H]3O)c2c1O. The van der Waals surface area contributed by atoms with Gasteiger partial charge >= 0.3 is 5.97 Å². The fourth-order valence-corrected chi connectivity index (χ4v) is 12.1. The molecule has 52 heavy (non-hydrogen) atoms. The van der Waals surface area contributed by atoms with Crippen molar-refractivity contribution in [1.82, 2.24) is 0 Å². The Morgan fingerprint density at radius 1 is 1.04 bits per heavy atom. The van der Waals surface area contributed by atoms with Gasteiger partial charge in [0.15, 0.2) is 5.78 Å². The van der Waals surface area contributed by atoms with Gasteiger partial charge in [-0.05, 0) is 121 Å². The fraction of sp³-hybridized carbons (Fsp3) is 0.610. The fourth-order valence-electron chi connectivity index (χ4n) is 12.1. The number of phenols is 1. The smallest absolute Gasteiger partial charge is 0.335 e. The Morgan fingerprint density at radius 2 is 1.83 bits per heavy atom. The lowest BCUT2D eigenvalue weighted by atomic mass is 9.48. The zero-order valence-corrected chi connectivity index (χ0v) is 29.7. The number of rotatable bonds is 5. The number of carboxylic acid groups (broad SMARTS) is 1. The number of carbonyl (C=O) groups excluding carboxylic acids is 1. The van der Waals surface area contributed by atoms with Crippen LogP contribution in [0, 0.1) is 41.9 Å². The van der Waals surface area contributed by atoms with E-state index in [1.54, 1.807) is 13.0 Å². The molecule has 11 heteroatoms. The van der Waals surface area contributed by atoms with Crippen LogP contribution in [0.3, 0.4) is 0 Å². The normalized spacial score (nSPS) is 37.5. The number of carboxylic acids is 1. The maximum absolute atomic E-state index is 12.5. The van der Waals surface area contributed by atoms with Gasteiger partial charge in [-0.15, -0.1) is 0 Å². The van der Waals surface area contributed by atoms with E-state index in [0.717, 1.165) is 26.1 Å². The first kappa shape index (κ1) is 34.4. The number of aromatic carboxylic acids is 1. The number of hydrogen-bond donors (Lipinski definition) is 5. The van der Waals surface area contributed by atoms with Crippen molar-refractivity contribution in [3.8, 4) is 11.5 Å². The van der Waals surface area contributed by atoms with E-state index in [-0.39, 0.29) is 46.0 Å². The molecule has 2 spiro atoms. The molecule has 0 radical (unpaired) electrons. The van der Waals surface area contributed by atoms with Crippen molar-refractivity contribution < 1.29 is 54.1 Å². The summed E-state index contributed by atoms with van der Waals surface area (Å²) in [7, 11) is 0. The van der Waals surface area contributed by atoms with Gasteiger partial charge in [-0.25, -0.2) is 4.79 Å². The summed E-state index contributed by atoms with van der Waals surface area (Å²) in [6, 6.07) is 4.16. The third-order valence-corrected chi connectivity index (χ3v) is 14.1. The molecule has 5 N–H and O–H groups in total. The van der Waals surface area contributed by atoms with Crippen LogP contribution in [0.15, 0.2) is 41.0 Å². The second kappa shape index (κ2) is 12.4. The Bertz CT molecular complexity index is 1900. The predicted octanol–water partition coefficient (Wildman–Crippen LogP) is 4.84. The lowest BCUT2D eigenvalue weighted by molar-refractivity contribution is -0.326. The number of ketones is 1. The largest absolute Gasteiger partial charge is 0.506 e. The molecule has 7 aliphatic rings. The van der Waals surface area contributed by atoms with E-state index >= 15 is 0 Å². The Hall–Kier alpha value is -3.32. The van der Waals surface area contributed by atoms with Gasteiger partial charge in [0.05, 0.1) is 36.3 Å². The minimum Gasteiger partial charge on any atom is -0.506 e. The Kier molecular flexibility index (Phi) is 8.19. The number of aryl methyl sites for hydroxylation is 1. The van der Waals surface area contributed by atoms with Gasteiger partial charge in [0, 0.05) is 12.5 Å². The van der Waals surface area contributed by atoms with Crippen LogP contribution in [0.5, 0.6) is 11.5 Å². The molecule has 10 atom stereocenters. The first-order valence-corrected chi connectivity index (χ1v) is 18.9. The summed E-state index contributed by atoms with van der Waals surface area (Å²) in [4.78, 5) is 24.6. The summed E-state index contributed by atoms with van der Waals surface area (Å²) in [6.45, 7) is 4.15. The van der Waals surface area contributed by atoms with E-state index in [1.807, 2.05) is 0 Å². The molecule has 0 amide bonds. The highest BCUT2D eigenvalue weighted by Crippen LogP contribution is 2.66. The van der Waals surface area contributed by atoms with E-state index in [0.29, 0.717) is 41.0 Å². The minimum atomic E-state index is -1.67. The second-order valence-corrected chi connectivity index (χ2v) is 16.8. The summed E-state index contributed by atoms with van der Waals surface area (Å²) >= 11 is 0. The van der Waals surface area contributed by atoms with Crippen molar-refractivity contribution in [3.05, 3.63) is 57.7 Å². The lowest BCUT2D eigenvalue weighted by Crippen LogP contribution is -2.69.